The lowest BCUT2D eigenvalue weighted by Crippen LogP contribution is -2.23. The highest BCUT2D eigenvalue weighted by Gasteiger charge is 2.24. The summed E-state index contributed by atoms with van der Waals surface area (Å²) in [7, 11) is 0.454. The fourth-order valence-corrected chi connectivity index (χ4v) is 4.63. The number of carbonyl (C=O) groups is 1. The van der Waals surface area contributed by atoms with Gasteiger partial charge in [-0.3, -0.25) is 10.1 Å². The van der Waals surface area contributed by atoms with Crippen LogP contribution in [0.15, 0.2) is 46.7 Å². The van der Waals surface area contributed by atoms with E-state index in [-0.39, 0.29) is 16.2 Å². The van der Waals surface area contributed by atoms with E-state index in [1.54, 1.807) is 0 Å². The van der Waals surface area contributed by atoms with Gasteiger partial charge in [-0.15, -0.1) is 11.3 Å². The maximum atomic E-state index is 12.7. The Kier molecular flexibility index (Phi) is 6.25. The molecular weight excluding hydrogens is 422 g/mol. The Morgan fingerprint density at radius 1 is 1.13 bits per heavy atom. The molecule has 0 atom stereocenters. The molecule has 1 heterocycles. The summed E-state index contributed by atoms with van der Waals surface area (Å²) in [5.41, 5.74) is 4.21. The lowest BCUT2D eigenvalue weighted by molar-refractivity contribution is 0.102. The van der Waals surface area contributed by atoms with Gasteiger partial charge in [0.1, 0.15) is 10.6 Å². The molecule has 1 aromatic heterocycles. The Hall–Kier alpha value is -2.75. The molecule has 0 fully saturated rings. The van der Waals surface area contributed by atoms with Crippen LogP contribution in [0.1, 0.15) is 21.5 Å². The van der Waals surface area contributed by atoms with Crippen molar-refractivity contribution < 1.29 is 17.9 Å². The summed E-state index contributed by atoms with van der Waals surface area (Å²) in [5.74, 6) is -0.276. The van der Waals surface area contributed by atoms with Gasteiger partial charge in [-0.25, -0.2) is 17.7 Å². The van der Waals surface area contributed by atoms with Crippen LogP contribution in [-0.4, -0.2) is 44.8 Å². The van der Waals surface area contributed by atoms with Crippen molar-refractivity contribution in [3.8, 4) is 17.0 Å². The van der Waals surface area contributed by atoms with Crippen LogP contribution < -0.4 is 10.1 Å². The number of thiazole rings is 1. The minimum Gasteiger partial charge on any atom is -0.495 e. The number of benzene rings is 2. The van der Waals surface area contributed by atoms with Gasteiger partial charge in [-0.2, -0.15) is 0 Å². The van der Waals surface area contributed by atoms with Gasteiger partial charge in [0.25, 0.3) is 5.91 Å². The van der Waals surface area contributed by atoms with Gasteiger partial charge in [-0.05, 0) is 43.7 Å². The molecule has 1 N–H and O–H groups in total. The smallest absolute Gasteiger partial charge is 0.257 e. The average molecular weight is 446 g/mol. The van der Waals surface area contributed by atoms with Crippen molar-refractivity contribution in [2.45, 2.75) is 18.7 Å². The third kappa shape index (κ3) is 4.38. The zero-order valence-electron chi connectivity index (χ0n) is 17.4. The molecule has 3 aromatic rings. The van der Waals surface area contributed by atoms with Crippen molar-refractivity contribution in [3.05, 3.63) is 58.5 Å². The second-order valence-corrected chi connectivity index (χ2v) is 9.94. The number of rotatable bonds is 6. The topological polar surface area (TPSA) is 88.6 Å². The van der Waals surface area contributed by atoms with E-state index in [1.807, 2.05) is 31.4 Å². The first-order valence-corrected chi connectivity index (χ1v) is 11.4. The second kappa shape index (κ2) is 8.55. The van der Waals surface area contributed by atoms with Gasteiger partial charge >= 0.3 is 0 Å². The van der Waals surface area contributed by atoms with Gasteiger partial charge in [0.15, 0.2) is 5.13 Å². The highest BCUT2D eigenvalue weighted by Crippen LogP contribution is 2.30. The highest BCUT2D eigenvalue weighted by molar-refractivity contribution is 7.89. The van der Waals surface area contributed by atoms with Gasteiger partial charge < -0.3 is 4.74 Å². The summed E-state index contributed by atoms with van der Waals surface area (Å²) in [6.07, 6.45) is 0. The zero-order valence-corrected chi connectivity index (χ0v) is 19.0. The van der Waals surface area contributed by atoms with Crippen LogP contribution in [-0.2, 0) is 10.0 Å². The molecule has 3 rings (SSSR count). The second-order valence-electron chi connectivity index (χ2n) is 6.96. The van der Waals surface area contributed by atoms with Crippen LogP contribution in [0.25, 0.3) is 11.3 Å². The largest absolute Gasteiger partial charge is 0.495 e. The lowest BCUT2D eigenvalue weighted by Gasteiger charge is -2.15. The third-order valence-electron chi connectivity index (χ3n) is 4.58. The van der Waals surface area contributed by atoms with Crippen LogP contribution in [0, 0.1) is 13.8 Å². The number of sulfonamides is 1. The van der Waals surface area contributed by atoms with Crippen molar-refractivity contribution in [2.24, 2.45) is 0 Å². The predicted molar refractivity (Wildman–Crippen MR) is 119 cm³/mol. The summed E-state index contributed by atoms with van der Waals surface area (Å²) >= 11 is 1.31. The SMILES string of the molecule is COc1ccc(C(=O)Nc2nc(-c3cc(C)ccc3C)cs2)cc1S(=O)(=O)N(C)C. The van der Waals surface area contributed by atoms with Gasteiger partial charge in [-0.1, -0.05) is 17.7 Å². The van der Waals surface area contributed by atoms with Crippen molar-refractivity contribution in [3.63, 3.8) is 0 Å². The summed E-state index contributed by atoms with van der Waals surface area (Å²) in [6.45, 7) is 4.03. The molecule has 2 aromatic carbocycles. The number of hydrogen-bond acceptors (Lipinski definition) is 6. The van der Waals surface area contributed by atoms with Crippen molar-refractivity contribution in [1.29, 1.82) is 0 Å². The van der Waals surface area contributed by atoms with Crippen LogP contribution in [0.5, 0.6) is 5.75 Å². The van der Waals surface area contributed by atoms with E-state index in [2.05, 4.69) is 16.4 Å². The number of carbonyl (C=O) groups excluding carboxylic acids is 1. The predicted octanol–water partition coefficient (Wildman–Crippen LogP) is 3.94. The quantitative estimate of drug-likeness (QED) is 0.621. The molecule has 0 radical (unpaired) electrons. The fourth-order valence-electron chi connectivity index (χ4n) is 2.85. The summed E-state index contributed by atoms with van der Waals surface area (Å²) < 4.78 is 31.4. The van der Waals surface area contributed by atoms with E-state index in [0.717, 1.165) is 26.7 Å². The number of anilines is 1. The first kappa shape index (κ1) is 21.9. The van der Waals surface area contributed by atoms with Crippen molar-refractivity contribution >= 4 is 32.4 Å². The fraction of sp³-hybridized carbons (Fsp3) is 0.238. The van der Waals surface area contributed by atoms with Gasteiger partial charge in [0.05, 0.1) is 12.8 Å². The van der Waals surface area contributed by atoms with E-state index < -0.39 is 15.9 Å². The number of nitrogens with one attached hydrogen (secondary N) is 1. The number of aryl methyl sites for hydroxylation is 2. The Balaban J connectivity index is 1.89. The van der Waals surface area contributed by atoms with Crippen LogP contribution in [0.3, 0.4) is 0 Å². The molecular formula is C21H23N3O4S2. The monoisotopic (exact) mass is 445 g/mol. The number of nitrogens with zero attached hydrogens (tertiary/aromatic N) is 2. The first-order valence-electron chi connectivity index (χ1n) is 9.08. The first-order chi connectivity index (χ1) is 14.1. The number of amides is 1. The highest BCUT2D eigenvalue weighted by atomic mass is 32.2. The van der Waals surface area contributed by atoms with E-state index >= 15 is 0 Å². The average Bonchev–Trinajstić information content (AvgIpc) is 3.17. The Morgan fingerprint density at radius 2 is 1.87 bits per heavy atom. The van der Waals surface area contributed by atoms with E-state index in [1.165, 1.54) is 50.7 Å². The summed E-state index contributed by atoms with van der Waals surface area (Å²) in [4.78, 5) is 17.2. The minimum absolute atomic E-state index is 0.0714. The molecule has 158 valence electrons. The molecule has 0 saturated carbocycles. The standard InChI is InChI=1S/C21H23N3O4S2/c1-13-6-7-14(2)16(10-13)17-12-29-21(22-17)23-20(25)15-8-9-18(28-5)19(11-15)30(26,27)24(3)4/h6-12H,1-5H3,(H,22,23,25). The molecule has 0 spiro atoms. The number of aromatic nitrogens is 1. The van der Waals surface area contributed by atoms with E-state index in [4.69, 9.17) is 4.74 Å². The normalized spacial score (nSPS) is 11.5. The lowest BCUT2D eigenvalue weighted by atomic mass is 10.0. The molecule has 0 saturated heterocycles. The number of ether oxygens (including phenoxy) is 1. The maximum Gasteiger partial charge on any atom is 0.257 e. The van der Waals surface area contributed by atoms with Crippen molar-refractivity contribution in [2.75, 3.05) is 26.5 Å². The third-order valence-corrected chi connectivity index (χ3v) is 7.17. The molecule has 1 amide bonds. The minimum atomic E-state index is -3.77. The summed E-state index contributed by atoms with van der Waals surface area (Å²) in [6, 6.07) is 10.4. The number of methoxy groups -OCH3 is 1. The summed E-state index contributed by atoms with van der Waals surface area (Å²) in [5, 5.41) is 5.06. The van der Waals surface area contributed by atoms with E-state index in [0.29, 0.717) is 5.13 Å². The van der Waals surface area contributed by atoms with E-state index in [9.17, 15) is 13.2 Å². The maximum absolute atomic E-state index is 12.7. The molecule has 7 nitrogen and oxygen atoms in total. The molecule has 0 bridgehead atoms. The van der Waals surface area contributed by atoms with Crippen LogP contribution in [0.2, 0.25) is 0 Å². The van der Waals surface area contributed by atoms with Crippen LogP contribution in [0.4, 0.5) is 5.13 Å². The molecule has 0 aliphatic rings. The van der Waals surface area contributed by atoms with Gasteiger partial charge in [0.2, 0.25) is 10.0 Å². The Morgan fingerprint density at radius 3 is 2.53 bits per heavy atom. The number of hydrogen-bond donors (Lipinski definition) is 1. The zero-order chi connectivity index (χ0) is 22.1. The Labute approximate surface area is 180 Å². The van der Waals surface area contributed by atoms with Crippen LogP contribution >= 0.6 is 11.3 Å². The molecule has 0 unspecified atom stereocenters. The molecule has 0 aliphatic carbocycles. The van der Waals surface area contributed by atoms with Crippen molar-refractivity contribution in [1.82, 2.24) is 9.29 Å². The Bertz CT molecular complexity index is 1200. The van der Waals surface area contributed by atoms with Gasteiger partial charge in [0, 0.05) is 30.6 Å². The molecule has 0 aliphatic heterocycles. The molecule has 9 heteroatoms. The molecule has 30 heavy (non-hydrogen) atoms.